The molecule has 8 nitrogen and oxygen atoms in total. The SMILES string of the molecule is CC(C)(C)OC(=O)NCC#Cc1c[n+]([O-])ccc1[N+](=O)[O-]. The van der Waals surface area contributed by atoms with Crippen molar-refractivity contribution >= 4 is 11.8 Å². The minimum atomic E-state index is -0.641. The molecular formula is C13H15N3O5. The Morgan fingerprint density at radius 1 is 1.52 bits per heavy atom. The number of aromatic nitrogens is 1. The molecule has 0 aromatic carbocycles. The van der Waals surface area contributed by atoms with Gasteiger partial charge >= 0.3 is 6.09 Å². The summed E-state index contributed by atoms with van der Waals surface area (Å²) in [6, 6.07) is 1.07. The number of amides is 1. The van der Waals surface area contributed by atoms with Crippen LogP contribution in [0.4, 0.5) is 10.5 Å². The molecule has 0 atom stereocenters. The van der Waals surface area contributed by atoms with E-state index in [4.69, 9.17) is 4.74 Å². The zero-order valence-electron chi connectivity index (χ0n) is 11.9. The molecule has 0 aliphatic heterocycles. The standard InChI is InChI=1S/C13H15N3O5/c1-13(2,3)21-12(17)14-7-4-5-10-9-15(18)8-6-11(10)16(19)20/h6,8-9H,7H2,1-3H3,(H,14,17). The number of hydrogen-bond donors (Lipinski definition) is 1. The van der Waals surface area contributed by atoms with Crippen molar-refractivity contribution in [1.82, 2.24) is 5.32 Å². The lowest BCUT2D eigenvalue weighted by Crippen LogP contribution is -2.32. The van der Waals surface area contributed by atoms with Crippen molar-refractivity contribution in [3.63, 3.8) is 0 Å². The van der Waals surface area contributed by atoms with Gasteiger partial charge in [0.05, 0.1) is 17.5 Å². The summed E-state index contributed by atoms with van der Waals surface area (Å²) in [5.41, 5.74) is -0.917. The van der Waals surface area contributed by atoms with Gasteiger partial charge in [-0.3, -0.25) is 10.1 Å². The van der Waals surface area contributed by atoms with Gasteiger partial charge in [0.1, 0.15) is 5.60 Å². The number of nitrogens with zero attached hydrogens (tertiary/aromatic N) is 2. The molecular weight excluding hydrogens is 278 g/mol. The second-order valence-electron chi connectivity index (χ2n) is 5.02. The third kappa shape index (κ3) is 5.78. The molecule has 0 fully saturated rings. The molecule has 0 saturated heterocycles. The van der Waals surface area contributed by atoms with Crippen molar-refractivity contribution in [1.29, 1.82) is 0 Å². The normalized spacial score (nSPS) is 10.2. The summed E-state index contributed by atoms with van der Waals surface area (Å²) in [4.78, 5) is 21.5. The van der Waals surface area contributed by atoms with Gasteiger partial charge in [-0.2, -0.15) is 4.73 Å². The van der Waals surface area contributed by atoms with E-state index >= 15 is 0 Å². The zero-order valence-corrected chi connectivity index (χ0v) is 11.9. The van der Waals surface area contributed by atoms with E-state index in [0.717, 1.165) is 18.5 Å². The Hall–Kier alpha value is -2.82. The number of alkyl carbamates (subject to hydrolysis) is 1. The van der Waals surface area contributed by atoms with Crippen LogP contribution >= 0.6 is 0 Å². The fourth-order valence-corrected chi connectivity index (χ4v) is 1.30. The van der Waals surface area contributed by atoms with Gasteiger partial charge in [0.25, 0.3) is 5.69 Å². The van der Waals surface area contributed by atoms with Gasteiger partial charge in [0.15, 0.2) is 11.8 Å². The number of pyridine rings is 1. The number of carbonyl (C=O) groups is 1. The summed E-state index contributed by atoms with van der Waals surface area (Å²) in [5, 5.41) is 24.2. The highest BCUT2D eigenvalue weighted by atomic mass is 16.6. The molecule has 1 aromatic rings. The van der Waals surface area contributed by atoms with Gasteiger partial charge in [0.2, 0.25) is 6.20 Å². The monoisotopic (exact) mass is 293 g/mol. The third-order valence-electron chi connectivity index (χ3n) is 2.05. The Morgan fingerprint density at radius 3 is 2.76 bits per heavy atom. The van der Waals surface area contributed by atoms with E-state index in [2.05, 4.69) is 17.2 Å². The molecule has 0 spiro atoms. The van der Waals surface area contributed by atoms with E-state index in [0.29, 0.717) is 4.73 Å². The average Bonchev–Trinajstić information content (AvgIpc) is 2.32. The van der Waals surface area contributed by atoms with Crippen LogP contribution in [0, 0.1) is 27.2 Å². The van der Waals surface area contributed by atoms with Gasteiger partial charge in [-0.25, -0.2) is 4.79 Å². The number of hydrogen-bond acceptors (Lipinski definition) is 5. The van der Waals surface area contributed by atoms with E-state index < -0.39 is 16.6 Å². The predicted molar refractivity (Wildman–Crippen MR) is 73.2 cm³/mol. The summed E-state index contributed by atoms with van der Waals surface area (Å²) in [5.74, 6) is 4.99. The first kappa shape index (κ1) is 16.2. The van der Waals surface area contributed by atoms with E-state index in [1.165, 1.54) is 0 Å². The molecule has 0 unspecified atom stereocenters. The quantitative estimate of drug-likeness (QED) is 0.289. The maximum absolute atomic E-state index is 11.3. The van der Waals surface area contributed by atoms with Crippen LogP contribution in [0.1, 0.15) is 26.3 Å². The Labute approximate surface area is 121 Å². The Balaban J connectivity index is 2.69. The lowest BCUT2D eigenvalue weighted by molar-refractivity contribution is -0.606. The molecule has 0 bridgehead atoms. The van der Waals surface area contributed by atoms with Crippen molar-refractivity contribution in [2.24, 2.45) is 0 Å². The molecule has 1 aromatic heterocycles. The number of nitrogens with one attached hydrogen (secondary N) is 1. The van der Waals surface area contributed by atoms with Crippen molar-refractivity contribution in [3.05, 3.63) is 39.3 Å². The summed E-state index contributed by atoms with van der Waals surface area (Å²) in [6.45, 7) is 5.11. The highest BCUT2D eigenvalue weighted by Crippen LogP contribution is 2.13. The maximum Gasteiger partial charge on any atom is 0.408 e. The Bertz CT molecular complexity index is 610. The second kappa shape index (κ2) is 6.56. The average molecular weight is 293 g/mol. The lowest BCUT2D eigenvalue weighted by Gasteiger charge is -2.18. The topological polar surface area (TPSA) is 108 Å². The van der Waals surface area contributed by atoms with Gasteiger partial charge in [-0.1, -0.05) is 11.8 Å². The molecule has 1 N–H and O–H groups in total. The molecule has 1 rings (SSSR count). The predicted octanol–water partition coefficient (Wildman–Crippen LogP) is 1.10. The molecule has 8 heteroatoms. The maximum atomic E-state index is 11.3. The first-order valence-corrected chi connectivity index (χ1v) is 6.02. The van der Waals surface area contributed by atoms with Crippen molar-refractivity contribution in [2.75, 3.05) is 6.54 Å². The molecule has 0 saturated carbocycles. The molecule has 21 heavy (non-hydrogen) atoms. The first-order chi connectivity index (χ1) is 9.69. The van der Waals surface area contributed by atoms with Crippen LogP contribution in [0.5, 0.6) is 0 Å². The Kier molecular flexibility index (Phi) is 5.07. The fourth-order valence-electron chi connectivity index (χ4n) is 1.30. The summed E-state index contributed by atoms with van der Waals surface area (Å²) in [6.07, 6.45) is 1.37. The molecule has 1 amide bonds. The summed E-state index contributed by atoms with van der Waals surface area (Å²) >= 11 is 0. The van der Waals surface area contributed by atoms with E-state index in [9.17, 15) is 20.1 Å². The zero-order chi connectivity index (χ0) is 16.0. The molecule has 0 aliphatic carbocycles. The van der Waals surface area contributed by atoms with E-state index in [1.54, 1.807) is 20.8 Å². The largest absolute Gasteiger partial charge is 0.619 e. The van der Waals surface area contributed by atoms with Crippen molar-refractivity contribution in [2.45, 2.75) is 26.4 Å². The van der Waals surface area contributed by atoms with Gasteiger partial charge in [-0.15, -0.1) is 0 Å². The van der Waals surface area contributed by atoms with E-state index in [1.807, 2.05) is 0 Å². The van der Waals surface area contributed by atoms with Crippen LogP contribution < -0.4 is 10.0 Å². The first-order valence-electron chi connectivity index (χ1n) is 6.02. The van der Waals surface area contributed by atoms with Crippen molar-refractivity contribution in [3.8, 4) is 11.8 Å². The van der Waals surface area contributed by atoms with Crippen LogP contribution in [0.2, 0.25) is 0 Å². The number of carbonyl (C=O) groups excluding carboxylic acids is 1. The molecule has 0 radical (unpaired) electrons. The molecule has 0 aliphatic rings. The lowest BCUT2D eigenvalue weighted by atomic mass is 10.2. The van der Waals surface area contributed by atoms with Crippen LogP contribution in [0.3, 0.4) is 0 Å². The summed E-state index contributed by atoms with van der Waals surface area (Å²) < 4.78 is 5.41. The Morgan fingerprint density at radius 2 is 2.19 bits per heavy atom. The minimum Gasteiger partial charge on any atom is -0.619 e. The highest BCUT2D eigenvalue weighted by molar-refractivity contribution is 5.68. The highest BCUT2D eigenvalue weighted by Gasteiger charge is 2.16. The van der Waals surface area contributed by atoms with Crippen molar-refractivity contribution < 1.29 is 19.2 Å². The van der Waals surface area contributed by atoms with Crippen LogP contribution in [-0.2, 0) is 4.74 Å². The molecule has 112 valence electrons. The van der Waals surface area contributed by atoms with Crippen LogP contribution in [0.15, 0.2) is 18.5 Å². The number of ether oxygens (including phenoxy) is 1. The van der Waals surface area contributed by atoms with Gasteiger partial charge in [0, 0.05) is 0 Å². The fraction of sp³-hybridized carbons (Fsp3) is 0.385. The molecule has 1 heterocycles. The van der Waals surface area contributed by atoms with Crippen LogP contribution in [0.25, 0.3) is 0 Å². The minimum absolute atomic E-state index is 0.0245. The second-order valence-corrected chi connectivity index (χ2v) is 5.02. The smallest absolute Gasteiger partial charge is 0.408 e. The van der Waals surface area contributed by atoms with Gasteiger partial charge < -0.3 is 15.3 Å². The van der Waals surface area contributed by atoms with Crippen LogP contribution in [-0.4, -0.2) is 23.2 Å². The third-order valence-corrected chi connectivity index (χ3v) is 2.05. The number of rotatable bonds is 2. The summed E-state index contributed by atoms with van der Waals surface area (Å²) in [7, 11) is 0. The van der Waals surface area contributed by atoms with Gasteiger partial charge in [-0.05, 0) is 20.8 Å². The number of nitro groups is 1. The van der Waals surface area contributed by atoms with E-state index in [-0.39, 0.29) is 17.8 Å².